The number of nitrogens with one attached hydrogen (secondary N) is 2. The van der Waals surface area contributed by atoms with Crippen molar-refractivity contribution < 1.29 is 22.7 Å². The molecular weight excluding hydrogens is 514 g/mol. The van der Waals surface area contributed by atoms with Gasteiger partial charge in [-0.1, -0.05) is 30.3 Å². The zero-order chi connectivity index (χ0) is 28.6. The van der Waals surface area contributed by atoms with E-state index < -0.39 is 9.84 Å². The quantitative estimate of drug-likeness (QED) is 0.359. The molecule has 8 nitrogen and oxygen atoms in total. The van der Waals surface area contributed by atoms with Gasteiger partial charge in [0.2, 0.25) is 5.91 Å². The number of sulfone groups is 1. The van der Waals surface area contributed by atoms with Gasteiger partial charge in [-0.15, -0.1) is 0 Å². The minimum absolute atomic E-state index is 0.0331. The number of nitrogens with zero attached hydrogens (tertiary/aromatic N) is 1. The fourth-order valence-electron chi connectivity index (χ4n) is 5.79. The highest BCUT2D eigenvalue weighted by atomic mass is 32.2. The molecule has 0 heterocycles. The van der Waals surface area contributed by atoms with E-state index in [0.29, 0.717) is 40.3 Å². The minimum atomic E-state index is -3.53. The number of methoxy groups -OCH3 is 1. The molecule has 216 valence electrons. The van der Waals surface area contributed by atoms with Crippen molar-refractivity contribution in [1.82, 2.24) is 15.5 Å². The highest BCUT2D eigenvalue weighted by Crippen LogP contribution is 2.37. The fourth-order valence-corrected chi connectivity index (χ4v) is 7.52. The van der Waals surface area contributed by atoms with Gasteiger partial charge in [0.05, 0.1) is 18.6 Å². The summed E-state index contributed by atoms with van der Waals surface area (Å²) in [4.78, 5) is 15.1. The van der Waals surface area contributed by atoms with Gasteiger partial charge in [-0.2, -0.15) is 0 Å². The summed E-state index contributed by atoms with van der Waals surface area (Å²) in [6.07, 6.45) is 4.04. The Morgan fingerprint density at radius 3 is 2.33 bits per heavy atom. The van der Waals surface area contributed by atoms with Crippen molar-refractivity contribution in [2.45, 2.75) is 63.4 Å². The second-order valence-corrected chi connectivity index (χ2v) is 12.7. The number of hydrogen-bond donors (Lipinski definition) is 2. The van der Waals surface area contributed by atoms with Crippen LogP contribution in [0.1, 0.15) is 54.0 Å². The summed E-state index contributed by atoms with van der Waals surface area (Å²) in [7, 11) is 2.32. The van der Waals surface area contributed by atoms with E-state index in [1.807, 2.05) is 13.0 Å². The van der Waals surface area contributed by atoms with Crippen LogP contribution in [0.2, 0.25) is 0 Å². The minimum Gasteiger partial charge on any atom is -0.496 e. The lowest BCUT2D eigenvalue weighted by molar-refractivity contribution is -0.126. The van der Waals surface area contributed by atoms with Gasteiger partial charge in [-0.25, -0.2) is 8.42 Å². The van der Waals surface area contributed by atoms with Gasteiger partial charge >= 0.3 is 0 Å². The number of ether oxygens (including phenoxy) is 2. The maximum atomic E-state index is 13.0. The van der Waals surface area contributed by atoms with Crippen molar-refractivity contribution >= 4 is 15.7 Å². The molecule has 9 heteroatoms. The van der Waals surface area contributed by atoms with Crippen LogP contribution < -0.4 is 15.4 Å². The number of carbonyl (C=O) groups is 1. The molecule has 3 rings (SSSR count). The lowest BCUT2D eigenvalue weighted by Crippen LogP contribution is -2.41. The molecule has 39 heavy (non-hydrogen) atoms. The second kappa shape index (κ2) is 14.3. The highest BCUT2D eigenvalue weighted by Gasteiger charge is 2.30. The van der Waals surface area contributed by atoms with Crippen molar-refractivity contribution in [3.05, 3.63) is 58.7 Å². The van der Waals surface area contributed by atoms with Crippen molar-refractivity contribution in [2.75, 3.05) is 46.8 Å². The predicted octanol–water partition coefficient (Wildman–Crippen LogP) is 3.94. The zero-order valence-corrected chi connectivity index (χ0v) is 25.1. The van der Waals surface area contributed by atoms with Crippen LogP contribution in [0.4, 0.5) is 0 Å². The van der Waals surface area contributed by atoms with E-state index in [4.69, 9.17) is 9.47 Å². The van der Waals surface area contributed by atoms with Crippen LogP contribution in [-0.2, 0) is 19.4 Å². The van der Waals surface area contributed by atoms with E-state index in [2.05, 4.69) is 53.9 Å². The Balaban J connectivity index is 1.37. The molecule has 0 radical (unpaired) electrons. The van der Waals surface area contributed by atoms with Gasteiger partial charge in [0.15, 0.2) is 9.84 Å². The molecule has 1 amide bonds. The van der Waals surface area contributed by atoms with Crippen LogP contribution in [0.3, 0.4) is 0 Å². The third-order valence-electron chi connectivity index (χ3n) is 7.74. The second-order valence-electron chi connectivity index (χ2n) is 10.8. The first-order chi connectivity index (χ1) is 18.5. The summed E-state index contributed by atoms with van der Waals surface area (Å²) >= 11 is 0. The summed E-state index contributed by atoms with van der Waals surface area (Å²) in [5, 5.41) is 6.05. The number of rotatable bonds is 13. The standard InChI is InChI=1S/C30H45N3O5S/c1-21-18-27(37-6)22(2)23(3)30(21)39(35,36)20-31-16-17-38-19-28(34)32-26-14-12-25(13-15-26)29(33(4)5)24-10-8-7-9-11-24/h7-11,18,25-26,29,31H,12-17,19-20H2,1-6H3,(H,32,34). The third-order valence-corrected chi connectivity index (χ3v) is 9.57. The van der Waals surface area contributed by atoms with E-state index in [-0.39, 0.29) is 31.0 Å². The Bertz CT molecular complexity index is 1190. The molecule has 1 aliphatic carbocycles. The SMILES string of the molecule is COc1cc(C)c(S(=O)(=O)CNCCOCC(=O)NC2CCC(C(c3ccccc3)N(C)C)CC2)c(C)c1C. The lowest BCUT2D eigenvalue weighted by Gasteiger charge is -2.37. The van der Waals surface area contributed by atoms with Crippen molar-refractivity contribution in [1.29, 1.82) is 0 Å². The molecule has 0 aliphatic heterocycles. The van der Waals surface area contributed by atoms with E-state index in [0.717, 1.165) is 31.2 Å². The summed E-state index contributed by atoms with van der Waals surface area (Å²) in [6.45, 7) is 5.98. The normalized spacial score (nSPS) is 18.6. The van der Waals surface area contributed by atoms with Gasteiger partial charge in [0.25, 0.3) is 0 Å². The molecule has 1 saturated carbocycles. The largest absolute Gasteiger partial charge is 0.496 e. The summed E-state index contributed by atoms with van der Waals surface area (Å²) in [5.74, 6) is 0.916. The Morgan fingerprint density at radius 1 is 1.05 bits per heavy atom. The van der Waals surface area contributed by atoms with Crippen LogP contribution in [0.15, 0.2) is 41.3 Å². The predicted molar refractivity (Wildman–Crippen MR) is 155 cm³/mol. The molecule has 0 spiro atoms. The van der Waals surface area contributed by atoms with Gasteiger partial charge < -0.3 is 25.0 Å². The van der Waals surface area contributed by atoms with Crippen LogP contribution in [0.25, 0.3) is 0 Å². The molecular formula is C30H45N3O5S. The molecule has 1 atom stereocenters. The topological polar surface area (TPSA) is 97.0 Å². The lowest BCUT2D eigenvalue weighted by atomic mass is 9.78. The Labute approximate surface area is 234 Å². The molecule has 2 aromatic carbocycles. The molecule has 1 aliphatic rings. The Kier molecular flexibility index (Phi) is 11.4. The summed E-state index contributed by atoms with van der Waals surface area (Å²) in [5.41, 5.74) is 3.52. The maximum Gasteiger partial charge on any atom is 0.246 e. The summed E-state index contributed by atoms with van der Waals surface area (Å²) < 4.78 is 36.8. The molecule has 2 aromatic rings. The van der Waals surface area contributed by atoms with Crippen molar-refractivity contribution in [2.24, 2.45) is 5.92 Å². The van der Waals surface area contributed by atoms with Crippen molar-refractivity contribution in [3.63, 3.8) is 0 Å². The van der Waals surface area contributed by atoms with Gasteiger partial charge in [-0.3, -0.25) is 4.79 Å². The number of amides is 1. The third kappa shape index (κ3) is 8.27. The zero-order valence-electron chi connectivity index (χ0n) is 24.2. The van der Waals surface area contributed by atoms with Crippen LogP contribution in [0.5, 0.6) is 5.75 Å². The number of aryl methyl sites for hydroxylation is 1. The number of carbonyl (C=O) groups excluding carboxylic acids is 1. The van der Waals surface area contributed by atoms with E-state index in [1.54, 1.807) is 27.0 Å². The number of hydrogen-bond acceptors (Lipinski definition) is 7. The van der Waals surface area contributed by atoms with Gasteiger partial charge in [-0.05, 0) is 94.8 Å². The maximum absolute atomic E-state index is 13.0. The first kappa shape index (κ1) is 31.1. The Hall–Kier alpha value is -2.46. The average Bonchev–Trinajstić information content (AvgIpc) is 2.89. The summed E-state index contributed by atoms with van der Waals surface area (Å²) in [6, 6.07) is 12.9. The van der Waals surface area contributed by atoms with Crippen LogP contribution in [-0.4, -0.2) is 72.1 Å². The highest BCUT2D eigenvalue weighted by molar-refractivity contribution is 7.91. The van der Waals surface area contributed by atoms with Crippen LogP contribution >= 0.6 is 0 Å². The Morgan fingerprint density at radius 2 is 1.72 bits per heavy atom. The average molecular weight is 560 g/mol. The molecule has 1 unspecified atom stereocenters. The molecule has 2 N–H and O–H groups in total. The van der Waals surface area contributed by atoms with Crippen molar-refractivity contribution in [3.8, 4) is 5.75 Å². The first-order valence-electron chi connectivity index (χ1n) is 13.7. The van der Waals surface area contributed by atoms with E-state index >= 15 is 0 Å². The molecule has 0 aromatic heterocycles. The smallest absolute Gasteiger partial charge is 0.246 e. The van der Waals surface area contributed by atoms with Gasteiger partial charge in [0.1, 0.15) is 18.2 Å². The first-order valence-corrected chi connectivity index (χ1v) is 15.4. The fraction of sp³-hybridized carbons (Fsp3) is 0.567. The molecule has 0 bridgehead atoms. The van der Waals surface area contributed by atoms with Crippen LogP contribution in [0, 0.1) is 26.7 Å². The number of benzene rings is 2. The molecule has 1 fully saturated rings. The van der Waals surface area contributed by atoms with Gasteiger partial charge in [0, 0.05) is 18.6 Å². The molecule has 0 saturated heterocycles. The van der Waals surface area contributed by atoms with E-state index in [9.17, 15) is 13.2 Å². The van der Waals surface area contributed by atoms with E-state index in [1.165, 1.54) is 5.56 Å². The monoisotopic (exact) mass is 559 g/mol.